The fraction of sp³-hybridized carbons (Fsp3) is 0.579. The molecule has 1 aromatic rings. The molecule has 0 aliphatic rings. The average Bonchev–Trinajstić information content (AvgIpc) is 2.52. The van der Waals surface area contributed by atoms with Crippen molar-refractivity contribution in [3.05, 3.63) is 24.3 Å². The smallest absolute Gasteiger partial charge is 0.240 e. The van der Waals surface area contributed by atoms with Gasteiger partial charge >= 0.3 is 0 Å². The molecule has 0 aliphatic heterocycles. The summed E-state index contributed by atoms with van der Waals surface area (Å²) in [6.07, 6.45) is 0.205. The van der Waals surface area contributed by atoms with Crippen molar-refractivity contribution in [2.75, 3.05) is 26.3 Å². The van der Waals surface area contributed by atoms with Crippen LogP contribution in [0.25, 0.3) is 0 Å². The molecule has 25 heavy (non-hydrogen) atoms. The number of carbonyl (C=O) groups excluding carboxylic acids is 2. The van der Waals surface area contributed by atoms with E-state index >= 15 is 0 Å². The normalized spacial score (nSPS) is 10.9. The molecular weight excluding hydrogens is 320 g/mol. The lowest BCUT2D eigenvalue weighted by atomic mass is 10.1. The molecule has 1 N–H and O–H groups in total. The summed E-state index contributed by atoms with van der Waals surface area (Å²) >= 11 is 0. The molecule has 1 aromatic carbocycles. The fourth-order valence-corrected chi connectivity index (χ4v) is 2.26. The molecule has 0 aromatic heterocycles. The van der Waals surface area contributed by atoms with Gasteiger partial charge in [0.1, 0.15) is 0 Å². The van der Waals surface area contributed by atoms with Gasteiger partial charge in [0.2, 0.25) is 11.8 Å². The lowest BCUT2D eigenvalue weighted by Gasteiger charge is -2.25. The fourth-order valence-electron chi connectivity index (χ4n) is 2.26. The van der Waals surface area contributed by atoms with Crippen molar-refractivity contribution in [1.29, 1.82) is 0 Å². The zero-order valence-corrected chi connectivity index (χ0v) is 15.9. The van der Waals surface area contributed by atoms with Crippen LogP contribution >= 0.6 is 0 Å². The summed E-state index contributed by atoms with van der Waals surface area (Å²) in [7, 11) is 0. The topological polar surface area (TPSA) is 67.9 Å². The lowest BCUT2D eigenvalue weighted by molar-refractivity contribution is -0.136. The second kappa shape index (κ2) is 9.91. The summed E-state index contributed by atoms with van der Waals surface area (Å²) in [5.41, 5.74) is -0.314. The van der Waals surface area contributed by atoms with Gasteiger partial charge in [0.05, 0.1) is 26.2 Å². The Labute approximate surface area is 150 Å². The van der Waals surface area contributed by atoms with E-state index in [0.29, 0.717) is 24.7 Å². The molecule has 0 atom stereocenters. The Hall–Kier alpha value is -2.24. The molecule has 0 radical (unpaired) electrons. The van der Waals surface area contributed by atoms with Crippen LogP contribution in [0.4, 0.5) is 0 Å². The maximum Gasteiger partial charge on any atom is 0.240 e. The van der Waals surface area contributed by atoms with E-state index in [1.807, 2.05) is 58.9 Å². The van der Waals surface area contributed by atoms with Crippen molar-refractivity contribution < 1.29 is 19.1 Å². The third kappa shape index (κ3) is 7.92. The van der Waals surface area contributed by atoms with E-state index in [1.165, 1.54) is 4.90 Å². The minimum absolute atomic E-state index is 0.0577. The van der Waals surface area contributed by atoms with Gasteiger partial charge in [0.25, 0.3) is 0 Å². The first-order chi connectivity index (χ1) is 11.8. The largest absolute Gasteiger partial charge is 0.490 e. The number of benzene rings is 1. The first kappa shape index (κ1) is 20.8. The maximum absolute atomic E-state index is 12.3. The number of nitrogens with one attached hydrogen (secondary N) is 1. The number of hydrogen-bond donors (Lipinski definition) is 1. The zero-order valence-electron chi connectivity index (χ0n) is 15.9. The van der Waals surface area contributed by atoms with Crippen LogP contribution in [0, 0.1) is 0 Å². The third-order valence-electron chi connectivity index (χ3n) is 3.31. The average molecular weight is 350 g/mol. The number of para-hydroxylation sites is 2. The molecule has 0 saturated carbocycles. The number of hydrogen-bond acceptors (Lipinski definition) is 4. The zero-order chi connectivity index (χ0) is 18.9. The third-order valence-corrected chi connectivity index (χ3v) is 3.31. The van der Waals surface area contributed by atoms with Crippen molar-refractivity contribution in [3.63, 3.8) is 0 Å². The molecule has 6 nitrogen and oxygen atoms in total. The molecule has 6 heteroatoms. The molecule has 0 saturated heterocycles. The van der Waals surface area contributed by atoms with Crippen LogP contribution in [0.15, 0.2) is 24.3 Å². The van der Waals surface area contributed by atoms with Crippen LogP contribution in [-0.2, 0) is 9.59 Å². The molecule has 0 spiro atoms. The summed E-state index contributed by atoms with van der Waals surface area (Å²) < 4.78 is 11.2. The van der Waals surface area contributed by atoms with Gasteiger partial charge in [-0.05, 0) is 46.8 Å². The van der Waals surface area contributed by atoms with Crippen molar-refractivity contribution >= 4 is 11.8 Å². The van der Waals surface area contributed by atoms with Crippen molar-refractivity contribution in [1.82, 2.24) is 10.2 Å². The van der Waals surface area contributed by atoms with Crippen molar-refractivity contribution in [2.45, 2.75) is 46.6 Å². The first-order valence-electron chi connectivity index (χ1n) is 8.70. The van der Waals surface area contributed by atoms with E-state index in [0.717, 1.165) is 0 Å². The number of amides is 2. The van der Waals surface area contributed by atoms with Gasteiger partial charge in [0.15, 0.2) is 11.5 Å². The highest BCUT2D eigenvalue weighted by atomic mass is 16.5. The SMILES string of the molecule is CCOc1ccccc1OCCC(=O)N(CC)CC(=O)NC(C)(C)C. The van der Waals surface area contributed by atoms with Crippen molar-refractivity contribution in [2.24, 2.45) is 0 Å². The number of nitrogens with zero attached hydrogens (tertiary/aromatic N) is 1. The Morgan fingerprint density at radius 2 is 1.68 bits per heavy atom. The van der Waals surface area contributed by atoms with Gasteiger partial charge in [-0.2, -0.15) is 0 Å². The van der Waals surface area contributed by atoms with Gasteiger partial charge in [-0.25, -0.2) is 0 Å². The second-order valence-electron chi connectivity index (χ2n) is 6.68. The van der Waals surface area contributed by atoms with E-state index in [1.54, 1.807) is 0 Å². The summed E-state index contributed by atoms with van der Waals surface area (Å²) in [6, 6.07) is 7.37. The Bertz CT molecular complexity index is 567. The summed E-state index contributed by atoms with van der Waals surface area (Å²) in [6.45, 7) is 10.8. The molecule has 0 aliphatic carbocycles. The molecule has 140 valence electrons. The predicted molar refractivity (Wildman–Crippen MR) is 97.9 cm³/mol. The van der Waals surface area contributed by atoms with E-state index in [9.17, 15) is 9.59 Å². The standard InChI is InChI=1S/C19H30N2O4/c1-6-21(14-17(22)20-19(3,4)5)18(23)12-13-25-16-11-9-8-10-15(16)24-7-2/h8-11H,6-7,12-14H2,1-5H3,(H,20,22). The van der Waals surface area contributed by atoms with Gasteiger partial charge in [-0.15, -0.1) is 0 Å². The van der Waals surface area contributed by atoms with Crippen LogP contribution in [0.5, 0.6) is 11.5 Å². The molecular formula is C19H30N2O4. The van der Waals surface area contributed by atoms with Crippen LogP contribution in [0.2, 0.25) is 0 Å². The Morgan fingerprint density at radius 1 is 1.08 bits per heavy atom. The molecule has 0 heterocycles. The van der Waals surface area contributed by atoms with E-state index in [-0.39, 0.29) is 36.9 Å². The highest BCUT2D eigenvalue weighted by molar-refractivity contribution is 5.85. The minimum Gasteiger partial charge on any atom is -0.490 e. The first-order valence-corrected chi connectivity index (χ1v) is 8.70. The van der Waals surface area contributed by atoms with Crippen LogP contribution in [-0.4, -0.2) is 48.6 Å². The van der Waals surface area contributed by atoms with Gasteiger partial charge in [0, 0.05) is 12.1 Å². The number of ether oxygens (including phenoxy) is 2. The van der Waals surface area contributed by atoms with Gasteiger partial charge < -0.3 is 19.7 Å². The number of rotatable bonds is 9. The van der Waals surface area contributed by atoms with Crippen LogP contribution in [0.1, 0.15) is 41.0 Å². The monoisotopic (exact) mass is 350 g/mol. The number of likely N-dealkylation sites (N-methyl/N-ethyl adjacent to an activating group) is 1. The summed E-state index contributed by atoms with van der Waals surface area (Å²) in [4.78, 5) is 25.8. The highest BCUT2D eigenvalue weighted by Crippen LogP contribution is 2.26. The Morgan fingerprint density at radius 3 is 2.20 bits per heavy atom. The van der Waals surface area contributed by atoms with Crippen molar-refractivity contribution in [3.8, 4) is 11.5 Å². The lowest BCUT2D eigenvalue weighted by Crippen LogP contribution is -2.47. The summed E-state index contributed by atoms with van der Waals surface area (Å²) in [5, 5.41) is 2.86. The Balaban J connectivity index is 2.50. The molecule has 0 bridgehead atoms. The van der Waals surface area contributed by atoms with Crippen LogP contribution in [0.3, 0.4) is 0 Å². The predicted octanol–water partition coefficient (Wildman–Crippen LogP) is 2.62. The molecule has 0 unspecified atom stereocenters. The summed E-state index contributed by atoms with van der Waals surface area (Å²) in [5.74, 6) is 1.01. The quantitative estimate of drug-likeness (QED) is 0.743. The van der Waals surface area contributed by atoms with Crippen LogP contribution < -0.4 is 14.8 Å². The van der Waals surface area contributed by atoms with Gasteiger partial charge in [-0.1, -0.05) is 12.1 Å². The van der Waals surface area contributed by atoms with E-state index in [4.69, 9.17) is 9.47 Å². The van der Waals surface area contributed by atoms with Gasteiger partial charge in [-0.3, -0.25) is 9.59 Å². The Kier molecular flexibility index (Phi) is 8.25. The molecule has 0 fully saturated rings. The second-order valence-corrected chi connectivity index (χ2v) is 6.68. The van der Waals surface area contributed by atoms with E-state index < -0.39 is 0 Å². The van der Waals surface area contributed by atoms with E-state index in [2.05, 4.69) is 5.32 Å². The number of carbonyl (C=O) groups is 2. The highest BCUT2D eigenvalue weighted by Gasteiger charge is 2.19. The maximum atomic E-state index is 12.3. The molecule has 2 amide bonds. The minimum atomic E-state index is -0.314. The molecule has 1 rings (SSSR count).